The van der Waals surface area contributed by atoms with Crippen LogP contribution in [0.5, 0.6) is 0 Å². The Morgan fingerprint density at radius 2 is 1.92 bits per heavy atom. The fourth-order valence-electron chi connectivity index (χ4n) is 2.29. The van der Waals surface area contributed by atoms with Crippen molar-refractivity contribution >= 4 is 17.7 Å². The van der Waals surface area contributed by atoms with Crippen LogP contribution in [-0.4, -0.2) is 25.5 Å². The first-order chi connectivity index (χ1) is 12.1. The number of halogens is 1. The smallest absolute Gasteiger partial charge is 0.248 e. The van der Waals surface area contributed by atoms with E-state index in [1.54, 1.807) is 46.2 Å². The van der Waals surface area contributed by atoms with Crippen LogP contribution in [0, 0.1) is 5.82 Å². The molecule has 3 rings (SSSR count). The SMILES string of the molecule is CCn1cc(/C=C\C(=O)Nc2cnn(Cc3ccc(F)cc3)c2)cn1. The molecular formula is C18H18FN5O. The third-order valence-electron chi connectivity index (χ3n) is 3.56. The Hall–Kier alpha value is -3.22. The molecule has 0 saturated carbocycles. The van der Waals surface area contributed by atoms with Crippen LogP contribution in [0.15, 0.2) is 55.1 Å². The van der Waals surface area contributed by atoms with E-state index < -0.39 is 0 Å². The average Bonchev–Trinajstić information content (AvgIpc) is 3.24. The van der Waals surface area contributed by atoms with Crippen molar-refractivity contribution in [2.24, 2.45) is 0 Å². The Morgan fingerprint density at radius 1 is 1.16 bits per heavy atom. The van der Waals surface area contributed by atoms with Crippen LogP contribution in [-0.2, 0) is 17.9 Å². The van der Waals surface area contributed by atoms with Gasteiger partial charge in [-0.2, -0.15) is 10.2 Å². The third kappa shape index (κ3) is 4.63. The largest absolute Gasteiger partial charge is 0.320 e. The van der Waals surface area contributed by atoms with Gasteiger partial charge in [-0.3, -0.25) is 14.2 Å². The molecule has 2 heterocycles. The van der Waals surface area contributed by atoms with Crippen LogP contribution in [0.25, 0.3) is 6.08 Å². The topological polar surface area (TPSA) is 64.7 Å². The second-order valence-corrected chi connectivity index (χ2v) is 5.51. The fourth-order valence-corrected chi connectivity index (χ4v) is 2.29. The molecule has 1 aromatic carbocycles. The molecule has 7 heteroatoms. The zero-order valence-corrected chi connectivity index (χ0v) is 13.8. The molecule has 25 heavy (non-hydrogen) atoms. The maximum absolute atomic E-state index is 12.9. The fraction of sp³-hybridized carbons (Fsp3) is 0.167. The highest BCUT2D eigenvalue weighted by molar-refractivity contribution is 6.01. The minimum Gasteiger partial charge on any atom is -0.320 e. The molecule has 0 saturated heterocycles. The summed E-state index contributed by atoms with van der Waals surface area (Å²) in [5.74, 6) is -0.515. The van der Waals surface area contributed by atoms with Crippen molar-refractivity contribution in [2.45, 2.75) is 20.0 Å². The molecule has 0 bridgehead atoms. The number of amides is 1. The zero-order chi connectivity index (χ0) is 17.6. The lowest BCUT2D eigenvalue weighted by atomic mass is 10.2. The zero-order valence-electron chi connectivity index (χ0n) is 13.8. The van der Waals surface area contributed by atoms with Crippen molar-refractivity contribution in [3.05, 3.63) is 72.1 Å². The Balaban J connectivity index is 1.56. The first-order valence-electron chi connectivity index (χ1n) is 7.91. The summed E-state index contributed by atoms with van der Waals surface area (Å²) in [6.45, 7) is 3.28. The van der Waals surface area contributed by atoms with Crippen molar-refractivity contribution in [3.8, 4) is 0 Å². The molecule has 0 aliphatic rings. The summed E-state index contributed by atoms with van der Waals surface area (Å²) in [5.41, 5.74) is 2.39. The number of nitrogens with zero attached hydrogens (tertiary/aromatic N) is 4. The van der Waals surface area contributed by atoms with E-state index >= 15 is 0 Å². The van der Waals surface area contributed by atoms with Crippen molar-refractivity contribution in [3.63, 3.8) is 0 Å². The number of nitrogens with one attached hydrogen (secondary N) is 1. The second-order valence-electron chi connectivity index (χ2n) is 5.51. The number of carbonyl (C=O) groups is 1. The van der Waals surface area contributed by atoms with E-state index in [0.29, 0.717) is 12.2 Å². The minimum absolute atomic E-state index is 0.245. The Kier molecular flexibility index (Phi) is 5.03. The van der Waals surface area contributed by atoms with Gasteiger partial charge in [0.05, 0.1) is 24.6 Å². The molecule has 0 aliphatic heterocycles. The van der Waals surface area contributed by atoms with Crippen molar-refractivity contribution in [2.75, 3.05) is 5.32 Å². The summed E-state index contributed by atoms with van der Waals surface area (Å²) in [6.07, 6.45) is 10.0. The highest BCUT2D eigenvalue weighted by atomic mass is 19.1. The summed E-state index contributed by atoms with van der Waals surface area (Å²) in [4.78, 5) is 12.0. The predicted molar refractivity (Wildman–Crippen MR) is 93.3 cm³/mol. The number of hydrogen-bond acceptors (Lipinski definition) is 3. The summed E-state index contributed by atoms with van der Waals surface area (Å²) in [5, 5.41) is 11.1. The minimum atomic E-state index is -0.270. The number of aryl methyl sites for hydroxylation is 1. The average molecular weight is 339 g/mol. The molecule has 0 spiro atoms. The summed E-state index contributed by atoms with van der Waals surface area (Å²) in [6, 6.07) is 6.23. The number of carbonyl (C=O) groups excluding carboxylic acids is 1. The highest BCUT2D eigenvalue weighted by Gasteiger charge is 2.03. The van der Waals surface area contributed by atoms with Gasteiger partial charge < -0.3 is 5.32 Å². The quantitative estimate of drug-likeness (QED) is 0.702. The number of aromatic nitrogens is 4. The molecule has 0 aliphatic carbocycles. The molecular weight excluding hydrogens is 321 g/mol. The standard InChI is InChI=1S/C18H18FN5O/c1-2-23-12-15(9-20-23)5-8-18(25)22-17-10-21-24(13-17)11-14-3-6-16(19)7-4-14/h3-10,12-13H,2,11H2,1H3,(H,22,25)/b8-5-. The molecule has 1 amide bonds. The van der Waals surface area contributed by atoms with Gasteiger partial charge in [-0.25, -0.2) is 4.39 Å². The van der Waals surface area contributed by atoms with Crippen LogP contribution in [0.4, 0.5) is 10.1 Å². The van der Waals surface area contributed by atoms with Crippen molar-refractivity contribution in [1.82, 2.24) is 19.6 Å². The number of hydrogen-bond donors (Lipinski definition) is 1. The van der Waals surface area contributed by atoms with E-state index in [-0.39, 0.29) is 11.7 Å². The van der Waals surface area contributed by atoms with Crippen LogP contribution >= 0.6 is 0 Å². The Labute approximate surface area is 144 Å². The predicted octanol–water partition coefficient (Wildman–Crippen LogP) is 2.94. The molecule has 128 valence electrons. The maximum Gasteiger partial charge on any atom is 0.248 e. The molecule has 0 radical (unpaired) electrons. The number of anilines is 1. The normalized spacial score (nSPS) is 11.1. The maximum atomic E-state index is 12.9. The molecule has 2 aromatic heterocycles. The lowest BCUT2D eigenvalue weighted by Gasteiger charge is -2.01. The molecule has 6 nitrogen and oxygen atoms in total. The van der Waals surface area contributed by atoms with E-state index in [1.165, 1.54) is 18.2 Å². The number of benzene rings is 1. The van der Waals surface area contributed by atoms with E-state index in [4.69, 9.17) is 0 Å². The summed E-state index contributed by atoms with van der Waals surface area (Å²) < 4.78 is 16.4. The molecule has 0 unspecified atom stereocenters. The van der Waals surface area contributed by atoms with Gasteiger partial charge in [-0.05, 0) is 30.7 Å². The van der Waals surface area contributed by atoms with Crippen molar-refractivity contribution < 1.29 is 9.18 Å². The van der Waals surface area contributed by atoms with Crippen LogP contribution < -0.4 is 5.32 Å². The van der Waals surface area contributed by atoms with Gasteiger partial charge in [0, 0.05) is 30.6 Å². The Morgan fingerprint density at radius 3 is 2.64 bits per heavy atom. The first-order valence-corrected chi connectivity index (χ1v) is 7.91. The molecule has 0 atom stereocenters. The second kappa shape index (κ2) is 7.57. The Bertz CT molecular complexity index is 879. The lowest BCUT2D eigenvalue weighted by molar-refractivity contribution is -0.111. The van der Waals surface area contributed by atoms with Gasteiger partial charge in [-0.15, -0.1) is 0 Å². The van der Waals surface area contributed by atoms with Crippen LogP contribution in [0.2, 0.25) is 0 Å². The summed E-state index contributed by atoms with van der Waals surface area (Å²) in [7, 11) is 0. The van der Waals surface area contributed by atoms with Gasteiger partial charge in [-0.1, -0.05) is 12.1 Å². The van der Waals surface area contributed by atoms with Gasteiger partial charge in [0.2, 0.25) is 5.91 Å². The van der Waals surface area contributed by atoms with E-state index in [2.05, 4.69) is 15.5 Å². The van der Waals surface area contributed by atoms with E-state index in [9.17, 15) is 9.18 Å². The van der Waals surface area contributed by atoms with Gasteiger partial charge in [0.15, 0.2) is 0 Å². The van der Waals surface area contributed by atoms with Crippen molar-refractivity contribution in [1.29, 1.82) is 0 Å². The van der Waals surface area contributed by atoms with E-state index in [0.717, 1.165) is 17.7 Å². The van der Waals surface area contributed by atoms with Gasteiger partial charge in [0.1, 0.15) is 5.82 Å². The van der Waals surface area contributed by atoms with Gasteiger partial charge >= 0.3 is 0 Å². The monoisotopic (exact) mass is 339 g/mol. The lowest BCUT2D eigenvalue weighted by Crippen LogP contribution is -2.07. The molecule has 1 N–H and O–H groups in total. The molecule has 0 fully saturated rings. The third-order valence-corrected chi connectivity index (χ3v) is 3.56. The van der Waals surface area contributed by atoms with Gasteiger partial charge in [0.25, 0.3) is 0 Å². The summed E-state index contributed by atoms with van der Waals surface area (Å²) >= 11 is 0. The van der Waals surface area contributed by atoms with Crippen LogP contribution in [0.3, 0.4) is 0 Å². The highest BCUT2D eigenvalue weighted by Crippen LogP contribution is 2.09. The first kappa shape index (κ1) is 16.6. The number of rotatable bonds is 6. The molecule has 3 aromatic rings. The van der Waals surface area contributed by atoms with Crippen LogP contribution in [0.1, 0.15) is 18.1 Å². The van der Waals surface area contributed by atoms with E-state index in [1.807, 2.05) is 13.1 Å².